The second-order valence-corrected chi connectivity index (χ2v) is 4.23. The van der Waals surface area contributed by atoms with Crippen LogP contribution in [-0.4, -0.2) is 26.8 Å². The van der Waals surface area contributed by atoms with Crippen LogP contribution in [0.15, 0.2) is 18.2 Å². The molecule has 0 unspecified atom stereocenters. The van der Waals surface area contributed by atoms with Gasteiger partial charge in [0.05, 0.1) is 18.0 Å². The molecule has 0 amide bonds. The summed E-state index contributed by atoms with van der Waals surface area (Å²) in [6.45, 7) is 0. The predicted molar refractivity (Wildman–Crippen MR) is 66.6 cm³/mol. The fourth-order valence-electron chi connectivity index (χ4n) is 1.97. The second kappa shape index (κ2) is 4.63. The minimum atomic E-state index is -1.42. The third-order valence-corrected chi connectivity index (χ3v) is 2.84. The van der Waals surface area contributed by atoms with Crippen LogP contribution in [0.4, 0.5) is 4.79 Å². The van der Waals surface area contributed by atoms with Crippen LogP contribution in [0.3, 0.4) is 0 Å². The molecule has 1 aromatic carbocycles. The van der Waals surface area contributed by atoms with Gasteiger partial charge in [-0.2, -0.15) is 5.26 Å². The summed E-state index contributed by atoms with van der Waals surface area (Å²) >= 11 is 5.87. The Morgan fingerprint density at radius 2 is 2.00 bits per heavy atom. The van der Waals surface area contributed by atoms with Crippen molar-refractivity contribution in [1.29, 1.82) is 5.26 Å². The number of benzene rings is 1. The molecule has 19 heavy (non-hydrogen) atoms. The molecule has 0 radical (unpaired) electrons. The van der Waals surface area contributed by atoms with Gasteiger partial charge in [-0.3, -0.25) is 0 Å². The van der Waals surface area contributed by atoms with E-state index in [0.717, 1.165) is 0 Å². The number of hydrogen-bond acceptors (Lipinski definition) is 3. The summed E-state index contributed by atoms with van der Waals surface area (Å²) in [5, 5.41) is 27.6. The normalized spacial score (nSPS) is 10.3. The van der Waals surface area contributed by atoms with Crippen molar-refractivity contribution < 1.29 is 19.8 Å². The standard InChI is InChI=1S/C12H7ClN2O4/c13-8-3-6(1-2-14)10-7(4-8)5-9(11(16)17)15(10)12(18)19/h3-5H,1H2,(H,16,17)(H,18,19). The maximum absolute atomic E-state index is 11.2. The van der Waals surface area contributed by atoms with Gasteiger partial charge >= 0.3 is 12.1 Å². The van der Waals surface area contributed by atoms with Crippen molar-refractivity contribution in [2.24, 2.45) is 0 Å². The van der Waals surface area contributed by atoms with E-state index < -0.39 is 12.1 Å². The largest absolute Gasteiger partial charge is 0.477 e. The molecule has 0 aliphatic carbocycles. The first-order valence-corrected chi connectivity index (χ1v) is 5.51. The van der Waals surface area contributed by atoms with E-state index in [9.17, 15) is 9.59 Å². The van der Waals surface area contributed by atoms with E-state index in [1.54, 1.807) is 0 Å². The SMILES string of the molecule is N#CCc1cc(Cl)cc2cc(C(=O)O)n(C(=O)O)c12. The summed E-state index contributed by atoms with van der Waals surface area (Å²) in [4.78, 5) is 22.3. The highest BCUT2D eigenvalue weighted by molar-refractivity contribution is 6.31. The zero-order chi connectivity index (χ0) is 14.2. The Kier molecular flexibility index (Phi) is 3.15. The quantitative estimate of drug-likeness (QED) is 0.878. The smallest absolute Gasteiger partial charge is 0.416 e. The van der Waals surface area contributed by atoms with Crippen molar-refractivity contribution in [2.45, 2.75) is 6.42 Å². The van der Waals surface area contributed by atoms with Gasteiger partial charge in [-0.1, -0.05) is 11.6 Å². The van der Waals surface area contributed by atoms with Crippen molar-refractivity contribution in [3.8, 4) is 6.07 Å². The summed E-state index contributed by atoms with van der Waals surface area (Å²) < 4.78 is 0.653. The van der Waals surface area contributed by atoms with Crippen LogP contribution in [0, 0.1) is 11.3 Å². The van der Waals surface area contributed by atoms with E-state index >= 15 is 0 Å². The average molecular weight is 279 g/mol. The molecule has 1 heterocycles. The number of nitriles is 1. The number of aromatic carboxylic acids is 1. The molecule has 0 spiro atoms. The highest BCUT2D eigenvalue weighted by atomic mass is 35.5. The van der Waals surface area contributed by atoms with Gasteiger partial charge in [0.1, 0.15) is 5.69 Å². The Bertz CT molecular complexity index is 742. The lowest BCUT2D eigenvalue weighted by Gasteiger charge is -2.05. The van der Waals surface area contributed by atoms with Crippen molar-refractivity contribution in [1.82, 2.24) is 4.57 Å². The number of rotatable bonds is 2. The monoisotopic (exact) mass is 278 g/mol. The van der Waals surface area contributed by atoms with Crippen molar-refractivity contribution in [3.05, 3.63) is 34.5 Å². The van der Waals surface area contributed by atoms with Crippen LogP contribution < -0.4 is 0 Å². The third-order valence-electron chi connectivity index (χ3n) is 2.62. The molecule has 0 aliphatic heterocycles. The number of fused-ring (bicyclic) bond motifs is 1. The van der Waals surface area contributed by atoms with E-state index in [0.29, 0.717) is 20.5 Å². The maximum Gasteiger partial charge on any atom is 0.416 e. The number of hydrogen-bond donors (Lipinski definition) is 2. The van der Waals surface area contributed by atoms with Crippen LogP contribution in [-0.2, 0) is 6.42 Å². The number of halogens is 1. The summed E-state index contributed by atoms with van der Waals surface area (Å²) in [5.41, 5.74) is 0.166. The van der Waals surface area contributed by atoms with E-state index in [-0.39, 0.29) is 17.6 Å². The van der Waals surface area contributed by atoms with Gasteiger partial charge in [0.2, 0.25) is 0 Å². The van der Waals surface area contributed by atoms with Crippen LogP contribution in [0.2, 0.25) is 5.02 Å². The van der Waals surface area contributed by atoms with Gasteiger partial charge in [0.25, 0.3) is 0 Å². The molecule has 0 bridgehead atoms. The zero-order valence-corrected chi connectivity index (χ0v) is 10.2. The molecular formula is C12H7ClN2O4. The Balaban J connectivity index is 2.93. The van der Waals surface area contributed by atoms with Gasteiger partial charge in [0, 0.05) is 10.4 Å². The van der Waals surface area contributed by atoms with Crippen LogP contribution in [0.1, 0.15) is 16.1 Å². The molecule has 2 N–H and O–H groups in total. The van der Waals surface area contributed by atoms with E-state index in [1.165, 1.54) is 18.2 Å². The zero-order valence-electron chi connectivity index (χ0n) is 9.42. The van der Waals surface area contributed by atoms with Gasteiger partial charge in [0.15, 0.2) is 0 Å². The predicted octanol–water partition coefficient (Wildman–Crippen LogP) is 2.59. The number of aromatic nitrogens is 1. The van der Waals surface area contributed by atoms with Crippen molar-refractivity contribution >= 4 is 34.6 Å². The fourth-order valence-corrected chi connectivity index (χ4v) is 2.22. The minimum Gasteiger partial charge on any atom is -0.477 e. The maximum atomic E-state index is 11.2. The van der Waals surface area contributed by atoms with Crippen molar-refractivity contribution in [3.63, 3.8) is 0 Å². The lowest BCUT2D eigenvalue weighted by atomic mass is 10.1. The first-order chi connectivity index (χ1) is 8.95. The molecule has 0 aliphatic rings. The molecule has 0 fully saturated rings. The second-order valence-electron chi connectivity index (χ2n) is 3.79. The Hall–Kier alpha value is -2.52. The first-order valence-electron chi connectivity index (χ1n) is 5.13. The Labute approximate surface area is 112 Å². The highest BCUT2D eigenvalue weighted by Crippen LogP contribution is 2.28. The van der Waals surface area contributed by atoms with Gasteiger partial charge in [-0.05, 0) is 23.8 Å². The number of carbonyl (C=O) groups is 2. The number of carboxylic acids is 1. The molecule has 96 valence electrons. The summed E-state index contributed by atoms with van der Waals surface area (Å²) in [6, 6.07) is 6.03. The number of carboxylic acid groups (broad SMARTS) is 2. The first kappa shape index (κ1) is 12.9. The van der Waals surface area contributed by atoms with E-state index in [1.807, 2.05) is 6.07 Å². The lowest BCUT2D eigenvalue weighted by Crippen LogP contribution is -2.15. The minimum absolute atomic E-state index is 0.0621. The van der Waals surface area contributed by atoms with E-state index in [2.05, 4.69) is 0 Å². The molecule has 2 aromatic rings. The lowest BCUT2D eigenvalue weighted by molar-refractivity contribution is 0.0685. The van der Waals surface area contributed by atoms with Gasteiger partial charge in [-0.15, -0.1) is 0 Å². The molecule has 0 saturated heterocycles. The highest BCUT2D eigenvalue weighted by Gasteiger charge is 2.21. The molecule has 2 rings (SSSR count). The molecule has 6 nitrogen and oxygen atoms in total. The third kappa shape index (κ3) is 2.11. The topological polar surface area (TPSA) is 103 Å². The average Bonchev–Trinajstić information content (AvgIpc) is 2.68. The van der Waals surface area contributed by atoms with Gasteiger partial charge < -0.3 is 10.2 Å². The Morgan fingerprint density at radius 3 is 2.53 bits per heavy atom. The summed E-state index contributed by atoms with van der Waals surface area (Å²) in [7, 11) is 0. The molecule has 0 saturated carbocycles. The summed E-state index contributed by atoms with van der Waals surface area (Å²) in [6.07, 6.45) is -1.48. The van der Waals surface area contributed by atoms with Crippen LogP contribution in [0.25, 0.3) is 10.9 Å². The van der Waals surface area contributed by atoms with Crippen LogP contribution in [0.5, 0.6) is 0 Å². The molecule has 0 atom stereocenters. The molecule has 7 heteroatoms. The summed E-state index contributed by atoms with van der Waals surface area (Å²) in [5.74, 6) is -1.36. The number of nitrogens with zero attached hydrogens (tertiary/aromatic N) is 2. The van der Waals surface area contributed by atoms with Crippen molar-refractivity contribution in [2.75, 3.05) is 0 Å². The van der Waals surface area contributed by atoms with Gasteiger partial charge in [-0.25, -0.2) is 14.2 Å². The van der Waals surface area contributed by atoms with E-state index in [4.69, 9.17) is 27.1 Å². The van der Waals surface area contributed by atoms with Crippen LogP contribution >= 0.6 is 11.6 Å². The Morgan fingerprint density at radius 1 is 1.32 bits per heavy atom. The molecule has 1 aromatic heterocycles. The molecular weight excluding hydrogens is 272 g/mol. The fraction of sp³-hybridized carbons (Fsp3) is 0.0833.